The topological polar surface area (TPSA) is 135 Å². The van der Waals surface area contributed by atoms with Gasteiger partial charge in [-0.15, -0.1) is 11.8 Å². The van der Waals surface area contributed by atoms with Gasteiger partial charge in [0.25, 0.3) is 5.91 Å². The number of aromatic nitrogens is 1. The van der Waals surface area contributed by atoms with Gasteiger partial charge in [-0.05, 0) is 85.7 Å². The Bertz CT molecular complexity index is 2050. The monoisotopic (exact) mass is 759 g/mol. The summed E-state index contributed by atoms with van der Waals surface area (Å²) in [5, 5.41) is 3.62. The van der Waals surface area contributed by atoms with Crippen LogP contribution >= 0.6 is 39.0 Å². The second kappa shape index (κ2) is 12.6. The van der Waals surface area contributed by atoms with Crippen molar-refractivity contribution < 1.29 is 28.7 Å². The molecule has 2 bridgehead atoms. The van der Waals surface area contributed by atoms with Crippen LogP contribution < -0.4 is 19.8 Å². The Labute approximate surface area is 297 Å². The predicted molar refractivity (Wildman–Crippen MR) is 188 cm³/mol. The van der Waals surface area contributed by atoms with Gasteiger partial charge in [0.1, 0.15) is 5.75 Å². The number of esters is 1. The molecule has 4 aromatic rings. The van der Waals surface area contributed by atoms with Gasteiger partial charge in [-0.2, -0.15) is 0 Å². The molecule has 49 heavy (non-hydrogen) atoms. The van der Waals surface area contributed by atoms with Crippen molar-refractivity contribution in [3.8, 4) is 5.75 Å². The molecule has 2 aliphatic carbocycles. The molecule has 6 unspecified atom stereocenters. The second-order valence-electron chi connectivity index (χ2n) is 12.6. The minimum absolute atomic E-state index is 0.0181. The van der Waals surface area contributed by atoms with Gasteiger partial charge in [0.15, 0.2) is 6.61 Å². The second-order valence-corrected chi connectivity index (χ2v) is 15.7. The standard InChI is InChI=1S/C36H30BrN3O7S2/c1-2-46-35(44)17-7-11-19(12-8-17)38-25(41)16-47-24-6-4-3-5-21(24)26-27-22-15-23(30(27)48-32-31(26)49-36(45)39-32)29-28(22)33(42)40(34(29)43)20-13-9-18(37)10-14-20/h3-14,22-23,26-30H,2,15-16H2,1H3,(H,38,41)(H,39,45)/t22?,23?,26-,27?,28?,29?,30?/m1/s1. The molecule has 3 heterocycles. The van der Waals surface area contributed by atoms with Crippen molar-refractivity contribution in [2.24, 2.45) is 29.6 Å². The van der Waals surface area contributed by atoms with Crippen molar-refractivity contribution in [3.05, 3.63) is 103 Å². The van der Waals surface area contributed by atoms with Gasteiger partial charge in [0.2, 0.25) is 11.8 Å². The summed E-state index contributed by atoms with van der Waals surface area (Å²) in [6, 6.07) is 21.2. The van der Waals surface area contributed by atoms with Gasteiger partial charge in [0.05, 0.1) is 34.7 Å². The zero-order chi connectivity index (χ0) is 34.0. The Kier molecular flexibility index (Phi) is 8.24. The SMILES string of the molecule is CCOC(=O)c1ccc(NC(=O)COc2ccccc2[C@H]2c3sc(=O)[nH]c3SC3C4CC(C5C(=O)N(c6ccc(Br)cc6)C(=O)C45)C32)cc1. The lowest BCUT2D eigenvalue weighted by atomic mass is 9.68. The molecule has 3 amide bonds. The number of thiazole rings is 1. The number of hydrogen-bond acceptors (Lipinski definition) is 9. The summed E-state index contributed by atoms with van der Waals surface area (Å²) in [4.78, 5) is 70.8. The highest BCUT2D eigenvalue weighted by Crippen LogP contribution is 2.69. The van der Waals surface area contributed by atoms with E-state index in [1.165, 1.54) is 16.2 Å². The van der Waals surface area contributed by atoms with Gasteiger partial charge < -0.3 is 19.8 Å². The number of hydrogen-bond donors (Lipinski definition) is 2. The van der Waals surface area contributed by atoms with Gasteiger partial charge in [0, 0.05) is 31.8 Å². The number of thioether (sulfide) groups is 1. The number of fused-ring (bicyclic) bond motifs is 9. The third-order valence-electron chi connectivity index (χ3n) is 10.1. The van der Waals surface area contributed by atoms with Crippen molar-refractivity contribution in [2.75, 3.05) is 23.4 Å². The number of rotatable bonds is 8. The van der Waals surface area contributed by atoms with Crippen molar-refractivity contribution >= 4 is 74.1 Å². The highest BCUT2D eigenvalue weighted by Gasteiger charge is 2.69. The zero-order valence-corrected chi connectivity index (χ0v) is 29.3. The summed E-state index contributed by atoms with van der Waals surface area (Å²) in [5.41, 5.74) is 2.31. The molecular weight excluding hydrogens is 730 g/mol. The molecule has 8 rings (SSSR count). The Balaban J connectivity index is 1.06. The van der Waals surface area contributed by atoms with Crippen LogP contribution in [0.3, 0.4) is 0 Å². The first-order valence-corrected chi connectivity index (χ1v) is 18.5. The molecule has 7 atom stereocenters. The molecule has 2 saturated carbocycles. The van der Waals surface area contributed by atoms with Crippen LogP contribution in [-0.4, -0.2) is 47.1 Å². The number of benzene rings is 3. The lowest BCUT2D eigenvalue weighted by molar-refractivity contribution is -0.123. The summed E-state index contributed by atoms with van der Waals surface area (Å²) in [7, 11) is 0. The molecule has 250 valence electrons. The number of H-pyrrole nitrogens is 1. The average Bonchev–Trinajstić information content (AvgIpc) is 3.84. The Hall–Kier alpha value is -4.20. The van der Waals surface area contributed by atoms with E-state index in [9.17, 15) is 24.0 Å². The van der Waals surface area contributed by atoms with Gasteiger partial charge in [-0.25, -0.2) is 4.79 Å². The number of carbonyl (C=O) groups excluding carboxylic acids is 4. The molecule has 3 aromatic carbocycles. The number of amides is 3. The first-order valence-electron chi connectivity index (χ1n) is 16.0. The first kappa shape index (κ1) is 32.0. The van der Waals surface area contributed by atoms with Gasteiger partial charge in [-0.3, -0.25) is 24.1 Å². The third-order valence-corrected chi connectivity index (χ3v) is 13.2. The number of carbonyl (C=O) groups is 4. The molecule has 2 aliphatic heterocycles. The predicted octanol–water partition coefficient (Wildman–Crippen LogP) is 6.07. The lowest BCUT2D eigenvalue weighted by Gasteiger charge is -2.43. The minimum atomic E-state index is -0.434. The Morgan fingerprint density at radius 1 is 0.959 bits per heavy atom. The van der Waals surface area contributed by atoms with E-state index in [0.29, 0.717) is 22.7 Å². The molecule has 13 heteroatoms. The fourth-order valence-corrected chi connectivity index (χ4v) is 11.5. The summed E-state index contributed by atoms with van der Waals surface area (Å²) in [6.45, 7) is 1.74. The maximum Gasteiger partial charge on any atom is 0.338 e. The largest absolute Gasteiger partial charge is 0.483 e. The highest BCUT2D eigenvalue weighted by atomic mass is 79.9. The van der Waals surface area contributed by atoms with E-state index in [1.807, 2.05) is 36.4 Å². The van der Waals surface area contributed by atoms with Crippen LogP contribution in [-0.2, 0) is 19.1 Å². The highest BCUT2D eigenvalue weighted by molar-refractivity contribution is 9.10. The van der Waals surface area contributed by atoms with Crippen molar-refractivity contribution in [2.45, 2.75) is 29.5 Å². The maximum absolute atomic E-state index is 14.1. The number of aromatic amines is 1. The van der Waals surface area contributed by atoms with Gasteiger partial charge in [-0.1, -0.05) is 45.5 Å². The fourth-order valence-electron chi connectivity index (χ4n) is 8.32. The summed E-state index contributed by atoms with van der Waals surface area (Å²) in [6.07, 6.45) is 0.763. The van der Waals surface area contributed by atoms with E-state index in [2.05, 4.69) is 26.2 Å². The molecule has 2 N–H and O–H groups in total. The molecule has 0 spiro atoms. The average molecular weight is 761 g/mol. The van der Waals surface area contributed by atoms with E-state index >= 15 is 0 Å². The van der Waals surface area contributed by atoms with E-state index < -0.39 is 17.8 Å². The molecule has 1 aromatic heterocycles. The van der Waals surface area contributed by atoms with Crippen LogP contribution in [0.25, 0.3) is 0 Å². The number of nitrogens with one attached hydrogen (secondary N) is 2. The van der Waals surface area contributed by atoms with E-state index in [-0.39, 0.29) is 64.7 Å². The van der Waals surface area contributed by atoms with E-state index in [1.54, 1.807) is 55.1 Å². The smallest absolute Gasteiger partial charge is 0.338 e. The molecule has 0 radical (unpaired) electrons. The third kappa shape index (κ3) is 5.42. The Morgan fingerprint density at radius 3 is 2.41 bits per heavy atom. The number of anilines is 2. The normalized spacial score (nSPS) is 26.2. The fraction of sp³-hybridized carbons (Fsp3) is 0.306. The lowest BCUT2D eigenvalue weighted by Crippen LogP contribution is -2.42. The van der Waals surface area contributed by atoms with E-state index in [4.69, 9.17) is 9.47 Å². The van der Waals surface area contributed by atoms with E-state index in [0.717, 1.165) is 26.4 Å². The van der Waals surface area contributed by atoms with Crippen LogP contribution in [0.2, 0.25) is 0 Å². The molecule has 4 aliphatic rings. The first-order chi connectivity index (χ1) is 23.7. The number of nitrogens with zero attached hydrogens (tertiary/aromatic N) is 1. The summed E-state index contributed by atoms with van der Waals surface area (Å²) >= 11 is 6.23. The Morgan fingerprint density at radius 2 is 1.67 bits per heavy atom. The number of para-hydroxylation sites is 1. The maximum atomic E-state index is 14.1. The van der Waals surface area contributed by atoms with Crippen LogP contribution in [0.1, 0.15) is 40.1 Å². The summed E-state index contributed by atoms with van der Waals surface area (Å²) in [5.74, 6) is -1.79. The van der Waals surface area contributed by atoms with Crippen molar-refractivity contribution in [1.29, 1.82) is 0 Å². The number of imide groups is 1. The van der Waals surface area contributed by atoms with Crippen LogP contribution in [0.5, 0.6) is 5.75 Å². The summed E-state index contributed by atoms with van der Waals surface area (Å²) < 4.78 is 12.1. The van der Waals surface area contributed by atoms with Gasteiger partial charge >= 0.3 is 10.8 Å². The quantitative estimate of drug-likeness (QED) is 0.163. The van der Waals surface area contributed by atoms with Crippen molar-refractivity contribution in [1.82, 2.24) is 4.98 Å². The number of ether oxygens (including phenoxy) is 2. The van der Waals surface area contributed by atoms with Crippen molar-refractivity contribution in [3.63, 3.8) is 0 Å². The van der Waals surface area contributed by atoms with Crippen LogP contribution in [0.4, 0.5) is 11.4 Å². The molecule has 3 fully saturated rings. The van der Waals surface area contributed by atoms with Crippen LogP contribution in [0, 0.1) is 29.6 Å². The molecule has 10 nitrogen and oxygen atoms in total. The minimum Gasteiger partial charge on any atom is -0.483 e. The molecule has 1 saturated heterocycles. The molecular formula is C36H30BrN3O7S2. The van der Waals surface area contributed by atoms with Crippen LogP contribution in [0.15, 0.2) is 87.1 Å². The zero-order valence-electron chi connectivity index (χ0n) is 26.1. The number of halogens is 1.